The number of nitro benzene ring substituents is 1. The van der Waals surface area contributed by atoms with Crippen molar-refractivity contribution in [3.63, 3.8) is 0 Å². The van der Waals surface area contributed by atoms with Crippen LogP contribution in [0.3, 0.4) is 0 Å². The molecule has 0 aliphatic rings. The molecule has 0 spiro atoms. The quantitative estimate of drug-likeness (QED) is 0.422. The van der Waals surface area contributed by atoms with Crippen LogP contribution in [0.15, 0.2) is 54.6 Å². The first kappa shape index (κ1) is 15.5. The smallest absolute Gasteiger partial charge is 0.293 e. The molecule has 0 bridgehead atoms. The number of nitrogens with zero attached hydrogens (tertiary/aromatic N) is 1. The van der Waals surface area contributed by atoms with Crippen molar-refractivity contribution in [1.29, 1.82) is 0 Å². The molecular weight excluding hydrogens is 308 g/mol. The van der Waals surface area contributed by atoms with E-state index in [-0.39, 0.29) is 28.5 Å². The van der Waals surface area contributed by atoms with Crippen LogP contribution in [0.25, 0.3) is 10.8 Å². The third-order valence-corrected chi connectivity index (χ3v) is 3.77. The predicted octanol–water partition coefficient (Wildman–Crippen LogP) is 4.40. The summed E-state index contributed by atoms with van der Waals surface area (Å²) in [5, 5.41) is 25.7. The number of phenolic OH excluding ortho intramolecular Hbond substituents is 1. The number of Topliss-reactive ketones (excluding diaryl/α,β-unsaturated/α-hetero) is 1. The van der Waals surface area contributed by atoms with Crippen molar-refractivity contribution < 1.29 is 14.8 Å². The molecule has 0 heterocycles. The zero-order valence-electron chi connectivity index (χ0n) is 12.8. The van der Waals surface area contributed by atoms with Crippen LogP contribution >= 0.6 is 0 Å². The second kappa shape index (κ2) is 6.00. The van der Waals surface area contributed by atoms with Crippen LogP contribution in [-0.2, 0) is 0 Å². The molecule has 0 saturated heterocycles. The number of benzene rings is 3. The molecule has 0 radical (unpaired) electrons. The lowest BCUT2D eigenvalue weighted by molar-refractivity contribution is -0.383. The summed E-state index contributed by atoms with van der Waals surface area (Å²) in [5.74, 6) is -0.0997. The van der Waals surface area contributed by atoms with E-state index in [1.165, 1.54) is 19.1 Å². The maximum atomic E-state index is 11.4. The number of carbonyl (C=O) groups excluding carboxylic acids is 1. The first-order chi connectivity index (χ1) is 11.5. The van der Waals surface area contributed by atoms with Gasteiger partial charge in [0.1, 0.15) is 11.4 Å². The molecule has 120 valence electrons. The maximum absolute atomic E-state index is 11.4. The molecule has 0 amide bonds. The van der Waals surface area contributed by atoms with E-state index < -0.39 is 4.92 Å². The molecule has 24 heavy (non-hydrogen) atoms. The third kappa shape index (κ3) is 2.77. The molecule has 0 atom stereocenters. The van der Waals surface area contributed by atoms with E-state index >= 15 is 0 Å². The molecule has 3 aromatic rings. The molecule has 3 rings (SSSR count). The molecule has 0 aliphatic carbocycles. The lowest BCUT2D eigenvalue weighted by Crippen LogP contribution is -2.00. The zero-order chi connectivity index (χ0) is 17.3. The van der Waals surface area contributed by atoms with Gasteiger partial charge < -0.3 is 10.4 Å². The number of ketones is 1. The molecule has 6 nitrogen and oxygen atoms in total. The molecule has 0 aromatic heterocycles. The molecular formula is C18H14N2O4. The summed E-state index contributed by atoms with van der Waals surface area (Å²) in [4.78, 5) is 22.2. The average Bonchev–Trinajstić information content (AvgIpc) is 2.56. The van der Waals surface area contributed by atoms with Crippen LogP contribution in [0.1, 0.15) is 17.3 Å². The minimum atomic E-state index is -0.530. The lowest BCUT2D eigenvalue weighted by Gasteiger charge is -2.11. The SMILES string of the molecule is CC(=O)c1ccc(Nc2cccc3c(O)cccc23)c([N+](=O)[O-])c1. The third-order valence-electron chi connectivity index (χ3n) is 3.77. The summed E-state index contributed by atoms with van der Waals surface area (Å²) in [5.41, 5.74) is 1.01. The van der Waals surface area contributed by atoms with E-state index in [1.54, 1.807) is 36.4 Å². The Hall–Kier alpha value is -3.41. The summed E-state index contributed by atoms with van der Waals surface area (Å²) in [7, 11) is 0. The van der Waals surface area contributed by atoms with Crippen molar-refractivity contribution in [2.24, 2.45) is 0 Å². The van der Waals surface area contributed by atoms with E-state index in [0.717, 1.165) is 5.39 Å². The van der Waals surface area contributed by atoms with E-state index in [2.05, 4.69) is 5.32 Å². The minimum Gasteiger partial charge on any atom is -0.507 e. The minimum absolute atomic E-state index is 0.137. The number of nitro groups is 1. The van der Waals surface area contributed by atoms with E-state index in [4.69, 9.17) is 0 Å². The van der Waals surface area contributed by atoms with Gasteiger partial charge in [0.25, 0.3) is 5.69 Å². The summed E-state index contributed by atoms with van der Waals surface area (Å²) in [6, 6.07) is 14.7. The Kier molecular flexibility index (Phi) is 3.87. The summed E-state index contributed by atoms with van der Waals surface area (Å²) < 4.78 is 0. The number of hydrogen-bond donors (Lipinski definition) is 2. The van der Waals surface area contributed by atoms with Crippen LogP contribution in [0.4, 0.5) is 17.1 Å². The Bertz CT molecular complexity index is 966. The van der Waals surface area contributed by atoms with E-state index in [9.17, 15) is 20.0 Å². The highest BCUT2D eigenvalue weighted by atomic mass is 16.6. The van der Waals surface area contributed by atoms with Gasteiger partial charge in [0.2, 0.25) is 0 Å². The van der Waals surface area contributed by atoms with Crippen molar-refractivity contribution in [2.45, 2.75) is 6.92 Å². The van der Waals surface area contributed by atoms with E-state index in [0.29, 0.717) is 11.1 Å². The molecule has 3 aromatic carbocycles. The number of anilines is 2. The van der Waals surface area contributed by atoms with Gasteiger partial charge in [-0.15, -0.1) is 0 Å². The van der Waals surface area contributed by atoms with Gasteiger partial charge in [0, 0.05) is 28.1 Å². The highest BCUT2D eigenvalue weighted by molar-refractivity contribution is 6.00. The Morgan fingerprint density at radius 1 is 1.04 bits per heavy atom. The van der Waals surface area contributed by atoms with Crippen LogP contribution in [0.5, 0.6) is 5.75 Å². The average molecular weight is 322 g/mol. The molecule has 0 saturated carbocycles. The number of hydrogen-bond acceptors (Lipinski definition) is 5. The monoisotopic (exact) mass is 322 g/mol. The van der Waals surface area contributed by atoms with Gasteiger partial charge in [-0.1, -0.05) is 24.3 Å². The van der Waals surface area contributed by atoms with Gasteiger partial charge in [0.05, 0.1) is 4.92 Å². The molecule has 2 N–H and O–H groups in total. The zero-order valence-corrected chi connectivity index (χ0v) is 12.8. The predicted molar refractivity (Wildman–Crippen MR) is 92.0 cm³/mol. The molecule has 0 unspecified atom stereocenters. The number of aromatic hydroxyl groups is 1. The van der Waals surface area contributed by atoms with Gasteiger partial charge in [0.15, 0.2) is 5.78 Å². The van der Waals surface area contributed by atoms with Gasteiger partial charge in [-0.25, -0.2) is 0 Å². The van der Waals surface area contributed by atoms with Crippen LogP contribution in [0, 0.1) is 10.1 Å². The van der Waals surface area contributed by atoms with Crippen LogP contribution < -0.4 is 5.32 Å². The summed E-state index contributed by atoms with van der Waals surface area (Å²) >= 11 is 0. The normalized spacial score (nSPS) is 10.5. The molecule has 0 aliphatic heterocycles. The first-order valence-corrected chi connectivity index (χ1v) is 7.24. The Labute approximate surface area is 137 Å². The van der Waals surface area contributed by atoms with E-state index in [1.807, 2.05) is 6.07 Å². The number of fused-ring (bicyclic) bond motifs is 1. The van der Waals surface area contributed by atoms with Crippen molar-refractivity contribution >= 4 is 33.6 Å². The largest absolute Gasteiger partial charge is 0.507 e. The second-order valence-corrected chi connectivity index (χ2v) is 5.35. The Morgan fingerprint density at radius 3 is 2.46 bits per heavy atom. The highest BCUT2D eigenvalue weighted by Gasteiger charge is 2.17. The number of carbonyl (C=O) groups is 1. The Balaban J connectivity index is 2.11. The second-order valence-electron chi connectivity index (χ2n) is 5.35. The van der Waals surface area contributed by atoms with Crippen LogP contribution in [0.2, 0.25) is 0 Å². The lowest BCUT2D eigenvalue weighted by atomic mass is 10.1. The molecule has 6 heteroatoms. The fourth-order valence-corrected chi connectivity index (χ4v) is 2.55. The Morgan fingerprint density at radius 2 is 1.75 bits per heavy atom. The number of phenols is 1. The standard InChI is InChI=1S/C18H14N2O4/c1-11(21)12-8-9-16(17(10-12)20(23)24)19-15-6-2-5-14-13(15)4-3-7-18(14)22/h2-10,19,22H,1H3. The van der Waals surface area contributed by atoms with Crippen LogP contribution in [-0.4, -0.2) is 15.8 Å². The van der Waals surface area contributed by atoms with Crippen molar-refractivity contribution in [3.8, 4) is 5.75 Å². The maximum Gasteiger partial charge on any atom is 0.293 e. The fourth-order valence-electron chi connectivity index (χ4n) is 2.55. The van der Waals surface area contributed by atoms with Crippen molar-refractivity contribution in [1.82, 2.24) is 0 Å². The summed E-state index contributed by atoms with van der Waals surface area (Å²) in [6.07, 6.45) is 0. The van der Waals surface area contributed by atoms with Gasteiger partial charge >= 0.3 is 0 Å². The highest BCUT2D eigenvalue weighted by Crippen LogP contribution is 2.34. The van der Waals surface area contributed by atoms with Gasteiger partial charge in [-0.2, -0.15) is 0 Å². The van der Waals surface area contributed by atoms with Gasteiger partial charge in [-0.3, -0.25) is 14.9 Å². The van der Waals surface area contributed by atoms with Crippen molar-refractivity contribution in [3.05, 3.63) is 70.3 Å². The number of rotatable bonds is 4. The number of nitrogens with one attached hydrogen (secondary N) is 1. The summed E-state index contributed by atoms with van der Waals surface area (Å²) in [6.45, 7) is 1.36. The molecule has 0 fully saturated rings. The van der Waals surface area contributed by atoms with Crippen molar-refractivity contribution in [2.75, 3.05) is 5.32 Å². The topological polar surface area (TPSA) is 92.5 Å². The first-order valence-electron chi connectivity index (χ1n) is 7.24. The fraction of sp³-hybridized carbons (Fsp3) is 0.0556. The van der Waals surface area contributed by atoms with Gasteiger partial charge in [-0.05, 0) is 31.2 Å².